The molecule has 0 heterocycles. The van der Waals surface area contributed by atoms with E-state index in [9.17, 15) is 14.7 Å². The molecule has 0 aliphatic carbocycles. The van der Waals surface area contributed by atoms with Crippen molar-refractivity contribution in [3.8, 4) is 0 Å². The average Bonchev–Trinajstić information content (AvgIpc) is 2.39. The minimum absolute atomic E-state index is 0.138. The second kappa shape index (κ2) is 12.3. The molecule has 19 heavy (non-hydrogen) atoms. The van der Waals surface area contributed by atoms with Crippen molar-refractivity contribution >= 4 is 11.6 Å². The summed E-state index contributed by atoms with van der Waals surface area (Å²) in [4.78, 5) is 22.6. The topological polar surface area (TPSA) is 63.6 Å². The van der Waals surface area contributed by atoms with Gasteiger partial charge in [-0.3, -0.25) is 9.59 Å². The highest BCUT2D eigenvalue weighted by Gasteiger charge is 2.08. The van der Waals surface area contributed by atoms with Crippen LogP contribution in [-0.2, 0) is 14.3 Å². The van der Waals surface area contributed by atoms with Crippen LogP contribution in [0.5, 0.6) is 0 Å². The van der Waals surface area contributed by atoms with E-state index in [0.29, 0.717) is 50.9 Å². The maximum atomic E-state index is 11.4. The van der Waals surface area contributed by atoms with Crippen LogP contribution >= 0.6 is 0 Å². The number of carbonyl (C=O) groups is 2. The Kier molecular flexibility index (Phi) is 11.8. The number of aliphatic hydroxyl groups is 1. The van der Waals surface area contributed by atoms with Crippen LogP contribution in [0.1, 0.15) is 64.7 Å². The molecule has 4 heteroatoms. The molecule has 0 aromatic carbocycles. The Morgan fingerprint density at radius 1 is 1.00 bits per heavy atom. The maximum Gasteiger partial charge on any atom is 0.135 e. The van der Waals surface area contributed by atoms with Gasteiger partial charge < -0.3 is 9.84 Å². The molecule has 0 saturated carbocycles. The van der Waals surface area contributed by atoms with Crippen LogP contribution in [0.25, 0.3) is 0 Å². The van der Waals surface area contributed by atoms with Gasteiger partial charge in [-0.1, -0.05) is 13.3 Å². The molecular formula is C15H28O4. The Morgan fingerprint density at radius 3 is 2.32 bits per heavy atom. The first-order valence-corrected chi connectivity index (χ1v) is 7.30. The lowest BCUT2D eigenvalue weighted by molar-refractivity contribution is -0.120. The van der Waals surface area contributed by atoms with Crippen LogP contribution in [0, 0.1) is 0 Å². The minimum Gasteiger partial charge on any atom is -0.393 e. The zero-order chi connectivity index (χ0) is 14.5. The van der Waals surface area contributed by atoms with E-state index in [2.05, 4.69) is 0 Å². The van der Waals surface area contributed by atoms with E-state index in [0.717, 1.165) is 19.3 Å². The number of carbonyl (C=O) groups excluding carboxylic acids is 2. The molecule has 0 spiro atoms. The Hall–Kier alpha value is -0.740. The normalized spacial score (nSPS) is 12.4. The summed E-state index contributed by atoms with van der Waals surface area (Å²) in [7, 11) is 1.57. The lowest BCUT2D eigenvalue weighted by Gasteiger charge is -2.09. The number of rotatable bonds is 13. The van der Waals surface area contributed by atoms with E-state index in [1.54, 1.807) is 7.11 Å². The van der Waals surface area contributed by atoms with Gasteiger partial charge in [0.25, 0.3) is 0 Å². The number of aliphatic hydroxyl groups excluding tert-OH is 1. The van der Waals surface area contributed by atoms with E-state index in [1.165, 1.54) is 0 Å². The van der Waals surface area contributed by atoms with Crippen molar-refractivity contribution in [1.29, 1.82) is 0 Å². The Bertz CT molecular complexity index is 251. The number of ether oxygens (including phenoxy) is 1. The van der Waals surface area contributed by atoms with Gasteiger partial charge in [0, 0.05) is 32.8 Å². The zero-order valence-corrected chi connectivity index (χ0v) is 12.3. The predicted octanol–water partition coefficient (Wildman–Crippen LogP) is 2.66. The third-order valence-corrected chi connectivity index (χ3v) is 3.11. The Morgan fingerprint density at radius 2 is 1.68 bits per heavy atom. The minimum atomic E-state index is -0.423. The van der Waals surface area contributed by atoms with Gasteiger partial charge >= 0.3 is 0 Å². The van der Waals surface area contributed by atoms with E-state index in [-0.39, 0.29) is 5.78 Å². The van der Waals surface area contributed by atoms with Gasteiger partial charge in [0.15, 0.2) is 0 Å². The summed E-state index contributed by atoms with van der Waals surface area (Å²) in [6.07, 6.45) is 5.50. The number of hydrogen-bond donors (Lipinski definition) is 1. The van der Waals surface area contributed by atoms with Crippen LogP contribution in [-0.4, -0.2) is 36.5 Å². The summed E-state index contributed by atoms with van der Waals surface area (Å²) in [6, 6.07) is 0. The lowest BCUT2D eigenvalue weighted by atomic mass is 10.0. The molecule has 0 fully saturated rings. The summed E-state index contributed by atoms with van der Waals surface area (Å²) in [5, 5.41) is 9.72. The van der Waals surface area contributed by atoms with Crippen molar-refractivity contribution in [2.75, 3.05) is 13.7 Å². The zero-order valence-electron chi connectivity index (χ0n) is 12.3. The maximum absolute atomic E-state index is 11.4. The van der Waals surface area contributed by atoms with Crippen molar-refractivity contribution in [3.63, 3.8) is 0 Å². The van der Waals surface area contributed by atoms with Crippen LogP contribution in [0.3, 0.4) is 0 Å². The van der Waals surface area contributed by atoms with E-state index in [4.69, 9.17) is 4.74 Å². The van der Waals surface area contributed by atoms with Gasteiger partial charge in [0.2, 0.25) is 0 Å². The second-order valence-electron chi connectivity index (χ2n) is 5.01. The monoisotopic (exact) mass is 272 g/mol. The fourth-order valence-corrected chi connectivity index (χ4v) is 1.92. The first-order valence-electron chi connectivity index (χ1n) is 7.30. The van der Waals surface area contributed by atoms with Crippen molar-refractivity contribution in [2.45, 2.75) is 70.8 Å². The molecule has 0 rings (SSSR count). The van der Waals surface area contributed by atoms with Crippen LogP contribution in [0.15, 0.2) is 0 Å². The molecule has 0 saturated heterocycles. The summed E-state index contributed by atoms with van der Waals surface area (Å²) in [5.41, 5.74) is 0. The number of ketones is 2. The highest BCUT2D eigenvalue weighted by Crippen LogP contribution is 2.10. The molecule has 0 aromatic rings. The van der Waals surface area contributed by atoms with Crippen molar-refractivity contribution in [3.05, 3.63) is 0 Å². The van der Waals surface area contributed by atoms with Gasteiger partial charge in [-0.05, 0) is 25.7 Å². The molecule has 1 unspecified atom stereocenters. The molecule has 0 aromatic heterocycles. The summed E-state index contributed by atoms with van der Waals surface area (Å²) in [6.45, 7) is 2.46. The lowest BCUT2D eigenvalue weighted by Crippen LogP contribution is -2.11. The number of unbranched alkanes of at least 4 members (excludes halogenated alkanes) is 1. The van der Waals surface area contributed by atoms with Crippen molar-refractivity contribution < 1.29 is 19.4 Å². The summed E-state index contributed by atoms with van der Waals surface area (Å²) < 4.78 is 4.83. The Labute approximate surface area is 116 Å². The number of methoxy groups -OCH3 is 1. The molecule has 1 N–H and O–H groups in total. The third kappa shape index (κ3) is 12.1. The van der Waals surface area contributed by atoms with Gasteiger partial charge in [-0.25, -0.2) is 0 Å². The van der Waals surface area contributed by atoms with Crippen LogP contribution in [0.4, 0.5) is 0 Å². The molecule has 0 radical (unpaired) electrons. The van der Waals surface area contributed by atoms with Gasteiger partial charge in [-0.2, -0.15) is 0 Å². The van der Waals surface area contributed by atoms with Gasteiger partial charge in [0.05, 0.1) is 12.7 Å². The van der Waals surface area contributed by atoms with Gasteiger partial charge in [-0.15, -0.1) is 0 Å². The SMILES string of the molecule is CCCC(=O)CCCCC(O)CCC(=O)CCOC. The molecule has 0 aliphatic heterocycles. The second-order valence-corrected chi connectivity index (χ2v) is 5.01. The first kappa shape index (κ1) is 18.3. The highest BCUT2D eigenvalue weighted by atomic mass is 16.5. The van der Waals surface area contributed by atoms with Crippen molar-refractivity contribution in [2.24, 2.45) is 0 Å². The third-order valence-electron chi connectivity index (χ3n) is 3.11. The molecule has 0 bridgehead atoms. The fraction of sp³-hybridized carbons (Fsp3) is 0.867. The highest BCUT2D eigenvalue weighted by molar-refractivity contribution is 5.78. The predicted molar refractivity (Wildman–Crippen MR) is 75.1 cm³/mol. The standard InChI is InChI=1S/C15H28O4/c1-3-6-13(16)7-4-5-8-14(17)9-10-15(18)11-12-19-2/h14,17H,3-12H2,1-2H3. The number of hydrogen-bond acceptors (Lipinski definition) is 4. The quantitative estimate of drug-likeness (QED) is 0.524. The Balaban J connectivity index is 3.46. The van der Waals surface area contributed by atoms with E-state index < -0.39 is 6.10 Å². The van der Waals surface area contributed by atoms with Crippen molar-refractivity contribution in [1.82, 2.24) is 0 Å². The van der Waals surface area contributed by atoms with E-state index in [1.807, 2.05) is 6.92 Å². The summed E-state index contributed by atoms with van der Waals surface area (Å²) in [5.74, 6) is 0.450. The van der Waals surface area contributed by atoms with Crippen LogP contribution in [0.2, 0.25) is 0 Å². The largest absolute Gasteiger partial charge is 0.393 e. The molecular weight excluding hydrogens is 244 g/mol. The van der Waals surface area contributed by atoms with E-state index >= 15 is 0 Å². The fourth-order valence-electron chi connectivity index (χ4n) is 1.92. The van der Waals surface area contributed by atoms with Crippen LogP contribution < -0.4 is 0 Å². The molecule has 0 aliphatic rings. The van der Waals surface area contributed by atoms with Gasteiger partial charge in [0.1, 0.15) is 11.6 Å². The average molecular weight is 272 g/mol. The smallest absolute Gasteiger partial charge is 0.135 e. The molecule has 1 atom stereocenters. The first-order chi connectivity index (χ1) is 9.10. The molecule has 4 nitrogen and oxygen atoms in total. The molecule has 112 valence electrons. The molecule has 0 amide bonds. The number of Topliss-reactive ketones (excluding diaryl/α,β-unsaturated/α-hetero) is 2. The summed E-state index contributed by atoms with van der Waals surface area (Å²) >= 11 is 0.